The Kier molecular flexibility index (Phi) is 4.78. The van der Waals surface area contributed by atoms with E-state index in [1.54, 1.807) is 6.08 Å². The second-order valence-electron chi connectivity index (χ2n) is 7.23. The molecule has 140 valence electrons. The number of benzene rings is 2. The Morgan fingerprint density at radius 3 is 2.43 bits per heavy atom. The first-order chi connectivity index (χ1) is 13.6. The summed E-state index contributed by atoms with van der Waals surface area (Å²) in [6.45, 7) is 10.0. The van der Waals surface area contributed by atoms with Crippen LogP contribution in [0.2, 0.25) is 0 Å². The molecule has 0 atom stereocenters. The minimum absolute atomic E-state index is 0.795. The van der Waals surface area contributed by atoms with Crippen molar-refractivity contribution in [3.05, 3.63) is 83.0 Å². The zero-order valence-electron chi connectivity index (χ0n) is 16.6. The van der Waals surface area contributed by atoms with E-state index in [0.717, 1.165) is 63.1 Å². The molecule has 0 aliphatic carbocycles. The third-order valence-electron chi connectivity index (χ3n) is 5.13. The van der Waals surface area contributed by atoms with Crippen LogP contribution in [-0.4, -0.2) is 19.9 Å². The lowest BCUT2D eigenvalue weighted by Crippen LogP contribution is -1.99. The molecule has 28 heavy (non-hydrogen) atoms. The number of aromatic amines is 1. The lowest BCUT2D eigenvalue weighted by atomic mass is 10.1. The van der Waals surface area contributed by atoms with Gasteiger partial charge < -0.3 is 4.98 Å². The van der Waals surface area contributed by atoms with Crippen molar-refractivity contribution in [2.24, 2.45) is 0 Å². The zero-order chi connectivity index (χ0) is 19.7. The van der Waals surface area contributed by atoms with Crippen LogP contribution in [0.4, 0.5) is 0 Å². The van der Waals surface area contributed by atoms with Gasteiger partial charge in [0.05, 0.1) is 27.8 Å². The van der Waals surface area contributed by atoms with Crippen LogP contribution in [0.5, 0.6) is 0 Å². The predicted molar refractivity (Wildman–Crippen MR) is 116 cm³/mol. The summed E-state index contributed by atoms with van der Waals surface area (Å²) in [5.41, 5.74) is 9.69. The van der Waals surface area contributed by atoms with Gasteiger partial charge in [0.1, 0.15) is 5.82 Å². The number of hydrogen-bond acceptors (Lipinski definition) is 3. The molecule has 2 heterocycles. The summed E-state index contributed by atoms with van der Waals surface area (Å²) in [6.07, 6.45) is 9.28. The lowest BCUT2D eigenvalue weighted by Gasteiger charge is -2.06. The van der Waals surface area contributed by atoms with Gasteiger partial charge >= 0.3 is 0 Å². The maximum atomic E-state index is 4.85. The molecule has 0 radical (unpaired) electrons. The van der Waals surface area contributed by atoms with Gasteiger partial charge in [-0.2, -0.15) is 0 Å². The molecule has 0 unspecified atom stereocenters. The summed E-state index contributed by atoms with van der Waals surface area (Å²) in [5, 5.41) is 0. The number of fused-ring (bicyclic) bond motifs is 2. The second kappa shape index (κ2) is 7.39. The molecule has 0 spiro atoms. The van der Waals surface area contributed by atoms with Crippen LogP contribution in [-0.2, 0) is 12.8 Å². The van der Waals surface area contributed by atoms with Crippen LogP contribution in [0.3, 0.4) is 0 Å². The van der Waals surface area contributed by atoms with Crippen LogP contribution in [0.15, 0.2) is 49.2 Å². The Morgan fingerprint density at radius 2 is 1.64 bits per heavy atom. The van der Waals surface area contributed by atoms with Crippen LogP contribution in [0.1, 0.15) is 33.8 Å². The Bertz CT molecular complexity index is 1210. The van der Waals surface area contributed by atoms with Crippen molar-refractivity contribution in [1.82, 2.24) is 19.9 Å². The zero-order valence-corrected chi connectivity index (χ0v) is 16.6. The normalized spacial score (nSPS) is 11.7. The highest BCUT2D eigenvalue weighted by Gasteiger charge is 2.10. The number of nitrogens with zero attached hydrogens (tertiary/aromatic N) is 3. The quantitative estimate of drug-likeness (QED) is 0.479. The predicted octanol–water partition coefficient (Wildman–Crippen LogP) is 5.42. The van der Waals surface area contributed by atoms with Crippen molar-refractivity contribution in [3.8, 4) is 0 Å². The number of aryl methyl sites for hydroxylation is 5. The number of allylic oxidation sites excluding steroid dienone is 2. The topological polar surface area (TPSA) is 54.5 Å². The SMILES string of the molecule is C=C/C=C\c1c(C)ccc2[nH]c(CCc3cnc4c(C)ccc(C)c4n3)nc12. The van der Waals surface area contributed by atoms with E-state index < -0.39 is 0 Å². The van der Waals surface area contributed by atoms with E-state index in [4.69, 9.17) is 9.97 Å². The Hall–Kier alpha value is -3.27. The summed E-state index contributed by atoms with van der Waals surface area (Å²) in [5.74, 6) is 0.969. The van der Waals surface area contributed by atoms with Gasteiger partial charge in [0.15, 0.2) is 0 Å². The van der Waals surface area contributed by atoms with Gasteiger partial charge in [0.2, 0.25) is 0 Å². The average molecular weight is 368 g/mol. The molecule has 4 heteroatoms. The molecule has 0 saturated heterocycles. The standard InChI is InChI=1S/C24H24N4/c1-5-6-7-19-15(2)10-12-20-24(19)28-21(27-20)13-11-18-14-25-22-16(3)8-9-17(4)23(22)26-18/h5-10,12,14H,1,11,13H2,2-4H3,(H,27,28)/b7-6-. The van der Waals surface area contributed by atoms with Crippen molar-refractivity contribution in [2.75, 3.05) is 0 Å². The van der Waals surface area contributed by atoms with E-state index in [1.165, 1.54) is 5.56 Å². The summed E-state index contributed by atoms with van der Waals surface area (Å²) in [6, 6.07) is 8.41. The van der Waals surface area contributed by atoms with Crippen molar-refractivity contribution in [2.45, 2.75) is 33.6 Å². The van der Waals surface area contributed by atoms with E-state index in [0.29, 0.717) is 0 Å². The number of nitrogens with one attached hydrogen (secondary N) is 1. The molecule has 2 aromatic carbocycles. The molecule has 0 aliphatic heterocycles. The minimum Gasteiger partial charge on any atom is -0.342 e. The second-order valence-corrected chi connectivity index (χ2v) is 7.23. The van der Waals surface area contributed by atoms with Gasteiger partial charge in [-0.3, -0.25) is 4.98 Å². The highest BCUT2D eigenvalue weighted by atomic mass is 14.9. The molecule has 1 N–H and O–H groups in total. The third kappa shape index (κ3) is 3.33. The molecule has 0 saturated carbocycles. The van der Waals surface area contributed by atoms with Crippen molar-refractivity contribution in [1.29, 1.82) is 0 Å². The maximum absolute atomic E-state index is 4.85. The molecular formula is C24H24N4. The van der Waals surface area contributed by atoms with Gasteiger partial charge in [-0.25, -0.2) is 9.97 Å². The highest BCUT2D eigenvalue weighted by molar-refractivity contribution is 5.87. The van der Waals surface area contributed by atoms with Gasteiger partial charge in [-0.15, -0.1) is 0 Å². The summed E-state index contributed by atoms with van der Waals surface area (Å²) < 4.78 is 0. The Balaban J connectivity index is 1.62. The van der Waals surface area contributed by atoms with E-state index in [1.807, 2.05) is 12.3 Å². The number of H-pyrrole nitrogens is 1. The van der Waals surface area contributed by atoms with Gasteiger partial charge in [0.25, 0.3) is 0 Å². The van der Waals surface area contributed by atoms with E-state index >= 15 is 0 Å². The Morgan fingerprint density at radius 1 is 0.893 bits per heavy atom. The smallest absolute Gasteiger partial charge is 0.107 e. The van der Waals surface area contributed by atoms with Gasteiger partial charge in [-0.05, 0) is 49.9 Å². The van der Waals surface area contributed by atoms with Crippen LogP contribution in [0.25, 0.3) is 28.1 Å². The lowest BCUT2D eigenvalue weighted by molar-refractivity contribution is 0.859. The molecule has 0 fully saturated rings. The highest BCUT2D eigenvalue weighted by Crippen LogP contribution is 2.23. The monoisotopic (exact) mass is 368 g/mol. The van der Waals surface area contributed by atoms with Crippen LogP contribution >= 0.6 is 0 Å². The van der Waals surface area contributed by atoms with Crippen molar-refractivity contribution in [3.63, 3.8) is 0 Å². The fraction of sp³-hybridized carbons (Fsp3) is 0.208. The van der Waals surface area contributed by atoms with E-state index in [9.17, 15) is 0 Å². The van der Waals surface area contributed by atoms with Gasteiger partial charge in [-0.1, -0.05) is 43.0 Å². The fourth-order valence-electron chi connectivity index (χ4n) is 3.51. The summed E-state index contributed by atoms with van der Waals surface area (Å²) >= 11 is 0. The molecule has 0 bridgehead atoms. The molecule has 2 aromatic heterocycles. The number of rotatable bonds is 5. The summed E-state index contributed by atoms with van der Waals surface area (Å²) in [7, 11) is 0. The molecule has 0 amide bonds. The first kappa shape index (κ1) is 18.1. The number of imidazole rings is 1. The maximum Gasteiger partial charge on any atom is 0.107 e. The van der Waals surface area contributed by atoms with E-state index in [2.05, 4.69) is 67.7 Å². The minimum atomic E-state index is 0.795. The van der Waals surface area contributed by atoms with E-state index in [-0.39, 0.29) is 0 Å². The average Bonchev–Trinajstić information content (AvgIpc) is 3.12. The third-order valence-corrected chi connectivity index (χ3v) is 5.13. The van der Waals surface area contributed by atoms with Gasteiger partial charge in [0, 0.05) is 18.2 Å². The number of hydrogen-bond donors (Lipinski definition) is 1. The molecule has 4 rings (SSSR count). The Labute approximate surface area is 165 Å². The summed E-state index contributed by atoms with van der Waals surface area (Å²) in [4.78, 5) is 17.8. The van der Waals surface area contributed by atoms with Crippen LogP contribution in [0, 0.1) is 20.8 Å². The first-order valence-corrected chi connectivity index (χ1v) is 9.56. The molecule has 4 nitrogen and oxygen atoms in total. The number of aromatic nitrogens is 4. The van der Waals surface area contributed by atoms with Crippen LogP contribution < -0.4 is 0 Å². The molecule has 0 aliphatic rings. The van der Waals surface area contributed by atoms with Crippen molar-refractivity contribution < 1.29 is 0 Å². The molecular weight excluding hydrogens is 344 g/mol. The fourth-order valence-corrected chi connectivity index (χ4v) is 3.51. The largest absolute Gasteiger partial charge is 0.342 e. The van der Waals surface area contributed by atoms with Crippen molar-refractivity contribution >= 4 is 28.1 Å². The molecule has 4 aromatic rings. The first-order valence-electron chi connectivity index (χ1n) is 9.56.